The van der Waals surface area contributed by atoms with E-state index in [1.165, 1.54) is 36.8 Å². The van der Waals surface area contributed by atoms with E-state index in [1.54, 1.807) is 0 Å². The van der Waals surface area contributed by atoms with Crippen LogP contribution >= 0.6 is 0 Å². The number of hydrogen-bond donors (Lipinski definition) is 1. The van der Waals surface area contributed by atoms with E-state index in [0.29, 0.717) is 0 Å². The summed E-state index contributed by atoms with van der Waals surface area (Å²) in [7, 11) is 0. The van der Waals surface area contributed by atoms with Crippen molar-refractivity contribution in [3.63, 3.8) is 0 Å². The van der Waals surface area contributed by atoms with Gasteiger partial charge in [-0.25, -0.2) is 0 Å². The minimum Gasteiger partial charge on any atom is -0.324 e. The molecule has 0 bridgehead atoms. The van der Waals surface area contributed by atoms with Crippen LogP contribution in [0.15, 0.2) is 24.3 Å². The van der Waals surface area contributed by atoms with Gasteiger partial charge < -0.3 is 5.73 Å². The molecule has 1 unspecified atom stereocenters. The summed E-state index contributed by atoms with van der Waals surface area (Å²) < 4.78 is 0. The predicted molar refractivity (Wildman–Crippen MR) is 60.1 cm³/mol. The normalized spacial score (nSPS) is 19.0. The fraction of sp³-hybridized carbons (Fsp3) is 0.538. The molecule has 0 spiro atoms. The van der Waals surface area contributed by atoms with Crippen molar-refractivity contribution in [1.82, 2.24) is 0 Å². The molecule has 76 valence electrons. The summed E-state index contributed by atoms with van der Waals surface area (Å²) >= 11 is 0. The Kier molecular flexibility index (Phi) is 2.87. The molecule has 1 aromatic carbocycles. The quantitative estimate of drug-likeness (QED) is 0.776. The Hall–Kier alpha value is -0.820. The molecule has 0 radical (unpaired) electrons. The van der Waals surface area contributed by atoms with Crippen LogP contribution < -0.4 is 5.73 Å². The van der Waals surface area contributed by atoms with E-state index in [1.807, 2.05) is 0 Å². The highest BCUT2D eigenvalue weighted by Crippen LogP contribution is 2.34. The van der Waals surface area contributed by atoms with Gasteiger partial charge in [-0.1, -0.05) is 43.5 Å². The summed E-state index contributed by atoms with van der Waals surface area (Å²) in [5, 5.41) is 0. The summed E-state index contributed by atoms with van der Waals surface area (Å²) in [6, 6.07) is 8.73. The lowest BCUT2D eigenvalue weighted by molar-refractivity contribution is 0.277. The van der Waals surface area contributed by atoms with Gasteiger partial charge in [-0.05, 0) is 30.4 Å². The van der Waals surface area contributed by atoms with Crippen LogP contribution in [-0.4, -0.2) is 0 Å². The standard InChI is InChI=1S/C13H19N/c1-10-5-2-3-8-12(10)13(14)9-11-6-4-7-11/h2-3,5,8,11,13H,4,6-7,9,14H2,1H3. The highest BCUT2D eigenvalue weighted by molar-refractivity contribution is 5.28. The number of nitrogens with two attached hydrogens (primary N) is 1. The minimum atomic E-state index is 0.251. The Morgan fingerprint density at radius 2 is 2.07 bits per heavy atom. The van der Waals surface area contributed by atoms with Gasteiger partial charge in [-0.15, -0.1) is 0 Å². The van der Waals surface area contributed by atoms with Crippen molar-refractivity contribution in [2.24, 2.45) is 11.7 Å². The van der Waals surface area contributed by atoms with E-state index in [4.69, 9.17) is 5.73 Å². The smallest absolute Gasteiger partial charge is 0.0300 e. The average molecular weight is 189 g/mol. The molecule has 0 aromatic heterocycles. The molecule has 1 atom stereocenters. The van der Waals surface area contributed by atoms with Gasteiger partial charge in [0.05, 0.1) is 0 Å². The molecule has 2 N–H and O–H groups in total. The molecule has 1 aromatic rings. The molecule has 1 nitrogen and oxygen atoms in total. The van der Waals surface area contributed by atoms with Crippen molar-refractivity contribution >= 4 is 0 Å². The Bertz CT molecular complexity index is 302. The first kappa shape index (κ1) is 9.72. The monoisotopic (exact) mass is 189 g/mol. The van der Waals surface area contributed by atoms with Crippen LogP contribution in [-0.2, 0) is 0 Å². The van der Waals surface area contributed by atoms with Gasteiger partial charge in [0.2, 0.25) is 0 Å². The van der Waals surface area contributed by atoms with Gasteiger partial charge in [0, 0.05) is 6.04 Å². The number of hydrogen-bond acceptors (Lipinski definition) is 1. The predicted octanol–water partition coefficient (Wildman–Crippen LogP) is 3.19. The summed E-state index contributed by atoms with van der Waals surface area (Å²) in [4.78, 5) is 0. The Morgan fingerprint density at radius 1 is 1.36 bits per heavy atom. The van der Waals surface area contributed by atoms with Crippen molar-refractivity contribution in [2.75, 3.05) is 0 Å². The lowest BCUT2D eigenvalue weighted by atomic mass is 9.79. The molecule has 0 saturated heterocycles. The largest absolute Gasteiger partial charge is 0.324 e. The lowest BCUT2D eigenvalue weighted by Crippen LogP contribution is -2.20. The zero-order valence-corrected chi connectivity index (χ0v) is 8.87. The highest BCUT2D eigenvalue weighted by atomic mass is 14.6. The Morgan fingerprint density at radius 3 is 2.64 bits per heavy atom. The Labute approximate surface area is 86.3 Å². The van der Waals surface area contributed by atoms with Crippen molar-refractivity contribution in [3.8, 4) is 0 Å². The average Bonchev–Trinajstić information content (AvgIpc) is 2.12. The van der Waals surface area contributed by atoms with Crippen LogP contribution in [0.2, 0.25) is 0 Å². The maximum Gasteiger partial charge on any atom is 0.0300 e. The second-order valence-electron chi connectivity index (χ2n) is 4.50. The second kappa shape index (κ2) is 4.14. The van der Waals surface area contributed by atoms with E-state index in [2.05, 4.69) is 31.2 Å². The zero-order chi connectivity index (χ0) is 9.97. The van der Waals surface area contributed by atoms with Crippen LogP contribution in [0.5, 0.6) is 0 Å². The Balaban J connectivity index is 2.02. The van der Waals surface area contributed by atoms with Gasteiger partial charge in [0.1, 0.15) is 0 Å². The number of rotatable bonds is 3. The van der Waals surface area contributed by atoms with E-state index in [9.17, 15) is 0 Å². The van der Waals surface area contributed by atoms with E-state index >= 15 is 0 Å². The molecule has 1 aliphatic carbocycles. The SMILES string of the molecule is Cc1ccccc1C(N)CC1CCC1. The second-order valence-corrected chi connectivity index (χ2v) is 4.50. The topological polar surface area (TPSA) is 26.0 Å². The summed E-state index contributed by atoms with van der Waals surface area (Å²) in [6.07, 6.45) is 5.36. The van der Waals surface area contributed by atoms with Gasteiger partial charge in [0.15, 0.2) is 0 Å². The molecule has 0 amide bonds. The molecule has 14 heavy (non-hydrogen) atoms. The fourth-order valence-corrected chi connectivity index (χ4v) is 2.22. The molecule has 1 fully saturated rings. The molecule has 0 heterocycles. The summed E-state index contributed by atoms with van der Waals surface area (Å²) in [5.41, 5.74) is 8.87. The molecule has 0 aliphatic heterocycles. The van der Waals surface area contributed by atoms with E-state index < -0.39 is 0 Å². The number of benzene rings is 1. The first-order chi connectivity index (χ1) is 6.77. The maximum absolute atomic E-state index is 6.21. The van der Waals surface area contributed by atoms with Gasteiger partial charge >= 0.3 is 0 Å². The molecule has 1 heteroatoms. The van der Waals surface area contributed by atoms with Crippen LogP contribution in [0.3, 0.4) is 0 Å². The van der Waals surface area contributed by atoms with E-state index in [-0.39, 0.29) is 6.04 Å². The van der Waals surface area contributed by atoms with Crippen LogP contribution in [0, 0.1) is 12.8 Å². The third-order valence-electron chi connectivity index (χ3n) is 3.40. The van der Waals surface area contributed by atoms with Crippen LogP contribution in [0.25, 0.3) is 0 Å². The van der Waals surface area contributed by atoms with Gasteiger partial charge in [0.25, 0.3) is 0 Å². The molecule has 2 rings (SSSR count). The lowest BCUT2D eigenvalue weighted by Gasteiger charge is -2.28. The molecule has 1 aliphatic rings. The molecule has 1 saturated carbocycles. The van der Waals surface area contributed by atoms with Crippen LogP contribution in [0.4, 0.5) is 0 Å². The first-order valence-corrected chi connectivity index (χ1v) is 5.58. The first-order valence-electron chi connectivity index (χ1n) is 5.58. The van der Waals surface area contributed by atoms with Crippen molar-refractivity contribution in [2.45, 2.75) is 38.6 Å². The van der Waals surface area contributed by atoms with Crippen molar-refractivity contribution in [3.05, 3.63) is 35.4 Å². The van der Waals surface area contributed by atoms with E-state index in [0.717, 1.165) is 5.92 Å². The van der Waals surface area contributed by atoms with Crippen molar-refractivity contribution < 1.29 is 0 Å². The molecular formula is C13H19N. The summed E-state index contributed by atoms with van der Waals surface area (Å²) in [6.45, 7) is 2.15. The fourth-order valence-electron chi connectivity index (χ4n) is 2.22. The number of aryl methyl sites for hydroxylation is 1. The van der Waals surface area contributed by atoms with Gasteiger partial charge in [-0.2, -0.15) is 0 Å². The van der Waals surface area contributed by atoms with Crippen LogP contribution in [0.1, 0.15) is 42.9 Å². The van der Waals surface area contributed by atoms with Gasteiger partial charge in [-0.3, -0.25) is 0 Å². The zero-order valence-electron chi connectivity index (χ0n) is 8.87. The summed E-state index contributed by atoms with van der Waals surface area (Å²) in [5.74, 6) is 0.893. The third kappa shape index (κ3) is 1.98. The molecular weight excluding hydrogens is 170 g/mol. The minimum absolute atomic E-state index is 0.251. The maximum atomic E-state index is 6.21. The van der Waals surface area contributed by atoms with Crippen molar-refractivity contribution in [1.29, 1.82) is 0 Å². The third-order valence-corrected chi connectivity index (χ3v) is 3.40. The highest BCUT2D eigenvalue weighted by Gasteiger charge is 2.21.